The van der Waals surface area contributed by atoms with Gasteiger partial charge in [0.2, 0.25) is 0 Å². The standard InChI is InChI=1S/C16H23NO4/c1-3-20-13-4-6-14(7-5-13)21-16(19)11-17-9-8-12(2)15(18)10-17/h4-7,12,15,18H,3,8-11H2,1-2H3. The van der Waals surface area contributed by atoms with Crippen LogP contribution in [0, 0.1) is 5.92 Å². The molecule has 1 saturated heterocycles. The number of hydrogen-bond donors (Lipinski definition) is 1. The number of ether oxygens (including phenoxy) is 2. The molecule has 1 fully saturated rings. The summed E-state index contributed by atoms with van der Waals surface area (Å²) in [5.41, 5.74) is 0. The Morgan fingerprint density at radius 1 is 1.33 bits per heavy atom. The minimum atomic E-state index is -0.364. The molecule has 1 heterocycles. The van der Waals surface area contributed by atoms with Crippen molar-refractivity contribution in [2.75, 3.05) is 26.2 Å². The minimum Gasteiger partial charge on any atom is -0.494 e. The van der Waals surface area contributed by atoms with Gasteiger partial charge in [-0.25, -0.2) is 0 Å². The molecule has 0 bridgehead atoms. The maximum absolute atomic E-state index is 11.9. The lowest BCUT2D eigenvalue weighted by atomic mass is 9.96. The van der Waals surface area contributed by atoms with E-state index < -0.39 is 0 Å². The number of carbonyl (C=O) groups excluding carboxylic acids is 1. The van der Waals surface area contributed by atoms with Gasteiger partial charge in [-0.15, -0.1) is 0 Å². The van der Waals surface area contributed by atoms with Crippen molar-refractivity contribution in [2.24, 2.45) is 5.92 Å². The number of carbonyl (C=O) groups is 1. The maximum Gasteiger partial charge on any atom is 0.325 e. The molecule has 1 aliphatic rings. The summed E-state index contributed by atoms with van der Waals surface area (Å²) < 4.78 is 10.6. The van der Waals surface area contributed by atoms with E-state index in [1.54, 1.807) is 24.3 Å². The number of aliphatic hydroxyl groups is 1. The monoisotopic (exact) mass is 293 g/mol. The van der Waals surface area contributed by atoms with Gasteiger partial charge in [-0.05, 0) is 50.1 Å². The molecule has 21 heavy (non-hydrogen) atoms. The quantitative estimate of drug-likeness (QED) is 0.661. The number of aliphatic hydroxyl groups excluding tert-OH is 1. The summed E-state index contributed by atoms with van der Waals surface area (Å²) in [6.07, 6.45) is 0.536. The molecule has 5 nitrogen and oxygen atoms in total. The zero-order valence-corrected chi connectivity index (χ0v) is 12.6. The van der Waals surface area contributed by atoms with Crippen LogP contribution in [0.4, 0.5) is 0 Å². The lowest BCUT2D eigenvalue weighted by Gasteiger charge is -2.33. The predicted octanol–water partition coefficient (Wildman–Crippen LogP) is 1.69. The lowest BCUT2D eigenvalue weighted by Crippen LogP contribution is -2.45. The Bertz CT molecular complexity index is 460. The second kappa shape index (κ2) is 7.43. The molecule has 5 heteroatoms. The van der Waals surface area contributed by atoms with Crippen LogP contribution in [-0.4, -0.2) is 48.3 Å². The van der Waals surface area contributed by atoms with Gasteiger partial charge in [-0.2, -0.15) is 0 Å². The van der Waals surface area contributed by atoms with Crippen molar-refractivity contribution in [1.29, 1.82) is 0 Å². The molecule has 0 aliphatic carbocycles. The molecule has 2 rings (SSSR count). The molecule has 0 spiro atoms. The number of nitrogens with zero attached hydrogens (tertiary/aromatic N) is 1. The molecule has 2 atom stereocenters. The van der Waals surface area contributed by atoms with E-state index in [0.717, 1.165) is 18.7 Å². The molecule has 0 aromatic heterocycles. The van der Waals surface area contributed by atoms with Crippen LogP contribution in [0.25, 0.3) is 0 Å². The number of β-amino-alcohol motifs (C(OH)–C–C–N with tert-alkyl or cyclic N) is 1. The zero-order chi connectivity index (χ0) is 15.2. The Balaban J connectivity index is 1.81. The first-order valence-electron chi connectivity index (χ1n) is 7.42. The highest BCUT2D eigenvalue weighted by Gasteiger charge is 2.25. The summed E-state index contributed by atoms with van der Waals surface area (Å²) in [5, 5.41) is 9.82. The summed E-state index contributed by atoms with van der Waals surface area (Å²) in [7, 11) is 0. The van der Waals surface area contributed by atoms with Gasteiger partial charge in [0.05, 0.1) is 19.3 Å². The van der Waals surface area contributed by atoms with Crippen LogP contribution in [0.1, 0.15) is 20.3 Å². The molecule has 2 unspecified atom stereocenters. The third-order valence-electron chi connectivity index (χ3n) is 3.72. The van der Waals surface area contributed by atoms with E-state index in [1.807, 2.05) is 18.7 Å². The molecule has 1 aliphatic heterocycles. The van der Waals surface area contributed by atoms with Crippen molar-refractivity contribution < 1.29 is 19.4 Å². The van der Waals surface area contributed by atoms with Gasteiger partial charge < -0.3 is 14.6 Å². The molecule has 1 aromatic rings. The van der Waals surface area contributed by atoms with Crippen LogP contribution < -0.4 is 9.47 Å². The molecule has 116 valence electrons. The van der Waals surface area contributed by atoms with Crippen LogP contribution in [0.15, 0.2) is 24.3 Å². The fourth-order valence-electron chi connectivity index (χ4n) is 2.37. The fourth-order valence-corrected chi connectivity index (χ4v) is 2.37. The molecule has 1 N–H and O–H groups in total. The fraction of sp³-hybridized carbons (Fsp3) is 0.562. The summed E-state index contributed by atoms with van der Waals surface area (Å²) in [6, 6.07) is 6.99. The van der Waals surface area contributed by atoms with Crippen molar-refractivity contribution in [2.45, 2.75) is 26.4 Å². The third-order valence-corrected chi connectivity index (χ3v) is 3.72. The smallest absolute Gasteiger partial charge is 0.325 e. The number of hydrogen-bond acceptors (Lipinski definition) is 5. The second-order valence-electron chi connectivity index (χ2n) is 5.45. The Kier molecular flexibility index (Phi) is 5.59. The van der Waals surface area contributed by atoms with Crippen molar-refractivity contribution in [3.63, 3.8) is 0 Å². The largest absolute Gasteiger partial charge is 0.494 e. The highest BCUT2D eigenvalue weighted by atomic mass is 16.5. The lowest BCUT2D eigenvalue weighted by molar-refractivity contribution is -0.136. The van der Waals surface area contributed by atoms with Gasteiger partial charge in [0.25, 0.3) is 0 Å². The predicted molar refractivity (Wildman–Crippen MR) is 79.5 cm³/mol. The molecule has 0 amide bonds. The van der Waals surface area contributed by atoms with E-state index >= 15 is 0 Å². The topological polar surface area (TPSA) is 59.0 Å². The highest BCUT2D eigenvalue weighted by Crippen LogP contribution is 2.19. The first-order chi connectivity index (χ1) is 10.1. The maximum atomic E-state index is 11.9. The zero-order valence-electron chi connectivity index (χ0n) is 12.6. The van der Waals surface area contributed by atoms with E-state index in [9.17, 15) is 9.90 Å². The Labute approximate surface area is 125 Å². The number of likely N-dealkylation sites (tertiary alicyclic amines) is 1. The molecule has 1 aromatic carbocycles. The molecule has 0 saturated carbocycles. The molecular weight excluding hydrogens is 270 g/mol. The van der Waals surface area contributed by atoms with E-state index in [1.165, 1.54) is 0 Å². The average molecular weight is 293 g/mol. The third kappa shape index (κ3) is 4.72. The van der Waals surface area contributed by atoms with E-state index in [4.69, 9.17) is 9.47 Å². The normalized spacial score (nSPS) is 22.8. The number of rotatable bonds is 5. The second-order valence-corrected chi connectivity index (χ2v) is 5.45. The number of piperidine rings is 1. The van der Waals surface area contributed by atoms with Gasteiger partial charge in [-0.3, -0.25) is 9.69 Å². The first kappa shape index (κ1) is 15.8. The first-order valence-corrected chi connectivity index (χ1v) is 7.42. The van der Waals surface area contributed by atoms with Gasteiger partial charge in [-0.1, -0.05) is 6.92 Å². The summed E-state index contributed by atoms with van der Waals surface area (Å²) >= 11 is 0. The average Bonchev–Trinajstić information content (AvgIpc) is 2.45. The number of esters is 1. The van der Waals surface area contributed by atoms with Crippen LogP contribution >= 0.6 is 0 Å². The Morgan fingerprint density at radius 3 is 2.62 bits per heavy atom. The van der Waals surface area contributed by atoms with Crippen molar-refractivity contribution in [3.05, 3.63) is 24.3 Å². The minimum absolute atomic E-state index is 0.205. The molecule has 0 radical (unpaired) electrons. The van der Waals surface area contributed by atoms with Crippen LogP contribution in [0.2, 0.25) is 0 Å². The summed E-state index contributed by atoms with van der Waals surface area (Å²) in [4.78, 5) is 13.8. The van der Waals surface area contributed by atoms with Gasteiger partial charge in [0.1, 0.15) is 11.5 Å². The SMILES string of the molecule is CCOc1ccc(OC(=O)CN2CCC(C)C(O)C2)cc1. The van der Waals surface area contributed by atoms with Crippen LogP contribution in [-0.2, 0) is 4.79 Å². The van der Waals surface area contributed by atoms with Crippen LogP contribution in [0.3, 0.4) is 0 Å². The van der Waals surface area contributed by atoms with Gasteiger partial charge in [0.15, 0.2) is 0 Å². The highest BCUT2D eigenvalue weighted by molar-refractivity contribution is 5.74. The van der Waals surface area contributed by atoms with E-state index in [2.05, 4.69) is 0 Å². The Hall–Kier alpha value is -1.59. The van der Waals surface area contributed by atoms with Gasteiger partial charge >= 0.3 is 5.97 Å². The Morgan fingerprint density at radius 2 is 2.00 bits per heavy atom. The van der Waals surface area contributed by atoms with Crippen molar-refractivity contribution in [1.82, 2.24) is 4.90 Å². The number of benzene rings is 1. The van der Waals surface area contributed by atoms with E-state index in [0.29, 0.717) is 24.8 Å². The van der Waals surface area contributed by atoms with Crippen molar-refractivity contribution in [3.8, 4) is 11.5 Å². The summed E-state index contributed by atoms with van der Waals surface area (Å²) in [6.45, 7) is 6.10. The van der Waals surface area contributed by atoms with Gasteiger partial charge in [0, 0.05) is 6.54 Å². The van der Waals surface area contributed by atoms with E-state index in [-0.39, 0.29) is 18.6 Å². The van der Waals surface area contributed by atoms with Crippen LogP contribution in [0.5, 0.6) is 11.5 Å². The van der Waals surface area contributed by atoms with Crippen molar-refractivity contribution >= 4 is 5.97 Å². The summed E-state index contributed by atoms with van der Waals surface area (Å²) in [5.74, 6) is 1.25. The molecular formula is C16H23NO4.